The number of likely N-dealkylation sites (tertiary alicyclic amines) is 1. The first-order valence-electron chi connectivity index (χ1n) is 12.8. The molecule has 2 fully saturated rings. The zero-order chi connectivity index (χ0) is 23.7. The Morgan fingerprint density at radius 1 is 1.12 bits per heavy atom. The Morgan fingerprint density at radius 3 is 2.65 bits per heavy atom. The van der Waals surface area contributed by atoms with Gasteiger partial charge in [-0.15, -0.1) is 0 Å². The number of likely N-dealkylation sites (N-methyl/N-ethyl adjacent to an activating group) is 1. The summed E-state index contributed by atoms with van der Waals surface area (Å²) in [6.07, 6.45) is 5.58. The number of fused-ring (bicyclic) bond motifs is 1. The topological polar surface area (TPSA) is 70.6 Å². The molecule has 4 atom stereocenters. The van der Waals surface area contributed by atoms with E-state index in [-0.39, 0.29) is 29.8 Å². The molecular formula is C27H37N5O2. The molecule has 1 aromatic carbocycles. The molecule has 1 amide bonds. The van der Waals surface area contributed by atoms with E-state index in [1.807, 2.05) is 12.3 Å². The van der Waals surface area contributed by atoms with Gasteiger partial charge < -0.3 is 19.9 Å². The fraction of sp³-hybridized carbons (Fsp3) is 0.593. The Balaban J connectivity index is 1.38. The van der Waals surface area contributed by atoms with Gasteiger partial charge in [-0.3, -0.25) is 4.79 Å². The second-order valence-electron chi connectivity index (χ2n) is 10.3. The van der Waals surface area contributed by atoms with Crippen LogP contribution in [0.15, 0.2) is 36.5 Å². The zero-order valence-corrected chi connectivity index (χ0v) is 20.6. The lowest BCUT2D eigenvalue weighted by molar-refractivity contribution is -0.143. The zero-order valence-electron chi connectivity index (χ0n) is 20.6. The Morgan fingerprint density at radius 2 is 1.88 bits per heavy atom. The number of carbonyl (C=O) groups excluding carboxylic acids is 1. The first-order valence-corrected chi connectivity index (χ1v) is 12.8. The standard InChI is InChI=1S/C27H37N5O2/c1-18-15-21-16-28-27(29-22-10-13-34-14-11-22)30-25(21)19(2)32(18)26(33)23-9-12-31(3)17-24(23)20-7-5-4-6-8-20/h4-8,16,18-19,22-24H,9-15,17H2,1-3H3,(H,28,29,30)/t18-,19+,23+,24-/m1/s1. The number of hydrogen-bond donors (Lipinski definition) is 1. The van der Waals surface area contributed by atoms with Crippen LogP contribution in [0.1, 0.15) is 61.9 Å². The number of amides is 1. The van der Waals surface area contributed by atoms with Crippen molar-refractivity contribution >= 4 is 11.9 Å². The van der Waals surface area contributed by atoms with Crippen molar-refractivity contribution < 1.29 is 9.53 Å². The highest BCUT2D eigenvalue weighted by Crippen LogP contribution is 2.38. The van der Waals surface area contributed by atoms with E-state index < -0.39 is 0 Å². The van der Waals surface area contributed by atoms with E-state index in [1.54, 1.807) is 0 Å². The molecule has 0 bridgehead atoms. The average Bonchev–Trinajstić information content (AvgIpc) is 2.85. The number of ether oxygens (including phenoxy) is 1. The number of nitrogens with one attached hydrogen (secondary N) is 1. The molecular weight excluding hydrogens is 426 g/mol. The minimum atomic E-state index is -0.0689. The van der Waals surface area contributed by atoms with E-state index in [9.17, 15) is 4.79 Å². The largest absolute Gasteiger partial charge is 0.381 e. The highest BCUT2D eigenvalue weighted by Gasteiger charge is 2.41. The van der Waals surface area contributed by atoms with E-state index in [2.05, 4.69) is 65.3 Å². The number of rotatable bonds is 4. The van der Waals surface area contributed by atoms with Crippen molar-refractivity contribution in [3.8, 4) is 0 Å². The molecule has 0 saturated carbocycles. The second-order valence-corrected chi connectivity index (χ2v) is 10.3. The fourth-order valence-electron chi connectivity index (χ4n) is 6.01. The third-order valence-corrected chi connectivity index (χ3v) is 7.87. The number of hydrogen-bond acceptors (Lipinski definition) is 6. The SMILES string of the molecule is C[C@@H]1Cc2cnc(NC3CCOCC3)nc2[C@H](C)N1C(=O)[C@H]1CCN(C)C[C@@H]1c1ccccc1. The number of nitrogens with zero attached hydrogens (tertiary/aromatic N) is 4. The van der Waals surface area contributed by atoms with Crippen molar-refractivity contribution in [1.29, 1.82) is 0 Å². The maximum absolute atomic E-state index is 14.1. The summed E-state index contributed by atoms with van der Waals surface area (Å²) in [5.41, 5.74) is 3.40. The Labute approximate surface area is 202 Å². The highest BCUT2D eigenvalue weighted by atomic mass is 16.5. The maximum Gasteiger partial charge on any atom is 0.227 e. The molecule has 0 radical (unpaired) electrons. The van der Waals surface area contributed by atoms with E-state index >= 15 is 0 Å². The van der Waals surface area contributed by atoms with Gasteiger partial charge in [0.2, 0.25) is 11.9 Å². The molecule has 1 N–H and O–H groups in total. The number of carbonyl (C=O) groups is 1. The monoisotopic (exact) mass is 463 g/mol. The summed E-state index contributed by atoms with van der Waals surface area (Å²) in [5, 5.41) is 3.49. The van der Waals surface area contributed by atoms with Crippen LogP contribution in [0.3, 0.4) is 0 Å². The first-order chi connectivity index (χ1) is 16.5. The summed E-state index contributed by atoms with van der Waals surface area (Å²) < 4.78 is 5.47. The molecule has 7 nitrogen and oxygen atoms in total. The van der Waals surface area contributed by atoms with Gasteiger partial charge >= 0.3 is 0 Å². The van der Waals surface area contributed by atoms with Gasteiger partial charge in [-0.05, 0) is 64.3 Å². The molecule has 2 aromatic rings. The molecule has 5 rings (SSSR count). The van der Waals surface area contributed by atoms with Crippen molar-refractivity contribution in [2.75, 3.05) is 38.7 Å². The number of anilines is 1. The van der Waals surface area contributed by atoms with Crippen LogP contribution in [0.4, 0.5) is 5.95 Å². The first kappa shape index (κ1) is 23.2. The number of aromatic nitrogens is 2. The van der Waals surface area contributed by atoms with Crippen molar-refractivity contribution in [3.63, 3.8) is 0 Å². The van der Waals surface area contributed by atoms with Gasteiger partial charge in [-0.1, -0.05) is 30.3 Å². The van der Waals surface area contributed by atoms with Crippen molar-refractivity contribution in [2.24, 2.45) is 5.92 Å². The normalized spacial score (nSPS) is 28.4. The molecule has 4 heterocycles. The van der Waals surface area contributed by atoms with Gasteiger partial charge in [-0.2, -0.15) is 0 Å². The summed E-state index contributed by atoms with van der Waals surface area (Å²) in [5.74, 6) is 1.14. The maximum atomic E-state index is 14.1. The van der Waals surface area contributed by atoms with Crippen LogP contribution in [0, 0.1) is 5.92 Å². The van der Waals surface area contributed by atoms with Gasteiger partial charge in [0, 0.05) is 49.9 Å². The van der Waals surface area contributed by atoms with E-state index in [4.69, 9.17) is 9.72 Å². The summed E-state index contributed by atoms with van der Waals surface area (Å²) in [6, 6.07) is 10.9. The van der Waals surface area contributed by atoms with Crippen LogP contribution in [-0.4, -0.2) is 71.1 Å². The molecule has 0 spiro atoms. The van der Waals surface area contributed by atoms with Crippen LogP contribution < -0.4 is 5.32 Å². The Bertz CT molecular complexity index is 994. The summed E-state index contributed by atoms with van der Waals surface area (Å²) in [6.45, 7) is 7.71. The summed E-state index contributed by atoms with van der Waals surface area (Å²) in [4.78, 5) is 28.1. The van der Waals surface area contributed by atoms with Crippen LogP contribution in [0.2, 0.25) is 0 Å². The molecule has 182 valence electrons. The van der Waals surface area contributed by atoms with Crippen molar-refractivity contribution in [2.45, 2.75) is 63.6 Å². The van der Waals surface area contributed by atoms with Gasteiger partial charge in [-0.25, -0.2) is 9.97 Å². The summed E-state index contributed by atoms with van der Waals surface area (Å²) >= 11 is 0. The molecule has 0 unspecified atom stereocenters. The number of benzene rings is 1. The van der Waals surface area contributed by atoms with Crippen molar-refractivity contribution in [3.05, 3.63) is 53.3 Å². The average molecular weight is 464 g/mol. The fourth-order valence-corrected chi connectivity index (χ4v) is 6.01. The molecule has 0 aliphatic carbocycles. The highest BCUT2D eigenvalue weighted by molar-refractivity contribution is 5.81. The van der Waals surface area contributed by atoms with Gasteiger partial charge in [0.1, 0.15) is 0 Å². The lowest BCUT2D eigenvalue weighted by atomic mass is 9.79. The van der Waals surface area contributed by atoms with Crippen LogP contribution >= 0.6 is 0 Å². The summed E-state index contributed by atoms with van der Waals surface area (Å²) in [7, 11) is 2.16. The predicted molar refractivity (Wildman–Crippen MR) is 133 cm³/mol. The lowest BCUT2D eigenvalue weighted by Crippen LogP contribution is -2.51. The van der Waals surface area contributed by atoms with Gasteiger partial charge in [0.25, 0.3) is 0 Å². The number of piperidine rings is 1. The molecule has 7 heteroatoms. The van der Waals surface area contributed by atoms with E-state index in [0.717, 1.165) is 63.2 Å². The van der Waals surface area contributed by atoms with Crippen LogP contribution in [0.25, 0.3) is 0 Å². The Kier molecular flexibility index (Phi) is 6.84. The third kappa shape index (κ3) is 4.68. The predicted octanol–water partition coefficient (Wildman–Crippen LogP) is 3.64. The molecule has 3 aliphatic rings. The third-order valence-electron chi connectivity index (χ3n) is 7.87. The second kappa shape index (κ2) is 10.0. The van der Waals surface area contributed by atoms with Crippen molar-refractivity contribution in [1.82, 2.24) is 19.8 Å². The lowest BCUT2D eigenvalue weighted by Gasteiger charge is -2.44. The van der Waals surface area contributed by atoms with E-state index in [1.165, 1.54) is 5.56 Å². The minimum Gasteiger partial charge on any atom is -0.381 e. The van der Waals surface area contributed by atoms with Crippen LogP contribution in [-0.2, 0) is 16.0 Å². The smallest absolute Gasteiger partial charge is 0.227 e. The Hall–Kier alpha value is -2.51. The van der Waals surface area contributed by atoms with Gasteiger partial charge in [0.05, 0.1) is 11.7 Å². The minimum absolute atomic E-state index is 0.00767. The molecule has 2 saturated heterocycles. The molecule has 1 aromatic heterocycles. The molecule has 34 heavy (non-hydrogen) atoms. The molecule has 3 aliphatic heterocycles. The van der Waals surface area contributed by atoms with E-state index in [0.29, 0.717) is 12.0 Å². The van der Waals surface area contributed by atoms with Gasteiger partial charge in [0.15, 0.2) is 0 Å². The van der Waals surface area contributed by atoms with Crippen LogP contribution in [0.5, 0.6) is 0 Å². The quantitative estimate of drug-likeness (QED) is 0.747.